The first kappa shape index (κ1) is 12.9. The number of aromatic nitrogens is 1. The molecule has 0 radical (unpaired) electrons. The molecule has 1 saturated heterocycles. The number of nitro groups is 1. The minimum Gasteiger partial charge on any atom is -0.407 e. The summed E-state index contributed by atoms with van der Waals surface area (Å²) in [6.07, 6.45) is 3.50. The first-order chi connectivity index (χ1) is 9.65. The summed E-state index contributed by atoms with van der Waals surface area (Å²) in [5, 5.41) is 10.7. The van der Waals surface area contributed by atoms with Crippen LogP contribution in [0.15, 0.2) is 27.4 Å². The van der Waals surface area contributed by atoms with Crippen LogP contribution in [0, 0.1) is 10.1 Å². The van der Waals surface area contributed by atoms with E-state index in [0.29, 0.717) is 12.2 Å². The van der Waals surface area contributed by atoms with Crippen LogP contribution in [0.25, 0.3) is 11.1 Å². The van der Waals surface area contributed by atoms with Crippen LogP contribution in [-0.4, -0.2) is 27.5 Å². The molecule has 0 N–H and O–H groups in total. The zero-order valence-electron chi connectivity index (χ0n) is 10.9. The quantitative estimate of drug-likeness (QED) is 0.632. The molecule has 1 aromatic carbocycles. The second-order valence-corrected chi connectivity index (χ2v) is 5.03. The number of likely N-dealkylation sites (tertiary alicyclic amines) is 1. The summed E-state index contributed by atoms with van der Waals surface area (Å²) in [5.41, 5.74) is 0.795. The van der Waals surface area contributed by atoms with Crippen molar-refractivity contribution in [3.05, 3.63) is 38.9 Å². The van der Waals surface area contributed by atoms with E-state index in [2.05, 4.69) is 4.90 Å². The lowest BCUT2D eigenvalue weighted by Crippen LogP contribution is -2.34. The molecular weight excluding hydrogens is 262 g/mol. The number of nitro benzene ring substituents is 1. The smallest absolute Gasteiger partial charge is 0.407 e. The largest absolute Gasteiger partial charge is 0.421 e. The van der Waals surface area contributed by atoms with Crippen LogP contribution in [0.2, 0.25) is 0 Å². The highest BCUT2D eigenvalue weighted by molar-refractivity contribution is 5.75. The van der Waals surface area contributed by atoms with Crippen molar-refractivity contribution in [3.8, 4) is 0 Å². The highest BCUT2D eigenvalue weighted by Crippen LogP contribution is 2.20. The summed E-state index contributed by atoms with van der Waals surface area (Å²) in [7, 11) is 0. The molecule has 0 bridgehead atoms. The van der Waals surface area contributed by atoms with Crippen LogP contribution in [0.4, 0.5) is 5.69 Å². The highest BCUT2D eigenvalue weighted by Gasteiger charge is 2.17. The number of piperidine rings is 1. The molecule has 0 aliphatic carbocycles. The van der Waals surface area contributed by atoms with Gasteiger partial charge in [0.15, 0.2) is 5.58 Å². The maximum Gasteiger partial charge on any atom is 0.421 e. The average Bonchev–Trinajstić information content (AvgIpc) is 2.75. The van der Waals surface area contributed by atoms with Gasteiger partial charge in [0.1, 0.15) is 0 Å². The number of fused-ring (bicyclic) bond motifs is 1. The van der Waals surface area contributed by atoms with Gasteiger partial charge in [0, 0.05) is 6.07 Å². The van der Waals surface area contributed by atoms with Gasteiger partial charge in [0.25, 0.3) is 5.69 Å². The minimum absolute atomic E-state index is 0.0728. The van der Waals surface area contributed by atoms with Crippen LogP contribution >= 0.6 is 0 Å². The molecule has 0 spiro atoms. The first-order valence-electron chi connectivity index (χ1n) is 6.65. The second kappa shape index (κ2) is 5.09. The predicted octanol–water partition coefficient (Wildman–Crippen LogP) is 1.95. The van der Waals surface area contributed by atoms with Crippen molar-refractivity contribution in [2.75, 3.05) is 13.1 Å². The zero-order valence-corrected chi connectivity index (χ0v) is 10.9. The fraction of sp³-hybridized carbons (Fsp3) is 0.462. The van der Waals surface area contributed by atoms with Gasteiger partial charge in [-0.05, 0) is 32.0 Å². The maximum atomic E-state index is 11.9. The Morgan fingerprint density at radius 1 is 1.25 bits per heavy atom. The van der Waals surface area contributed by atoms with Gasteiger partial charge in [-0.1, -0.05) is 6.42 Å². The predicted molar refractivity (Wildman–Crippen MR) is 72.6 cm³/mol. The standard InChI is InChI=1S/C13H15N3O4/c17-13-15(9-14-6-2-1-3-7-14)11-5-4-10(16(18)19)8-12(11)20-13/h4-5,8H,1-3,6-7,9H2. The Bertz CT molecular complexity index is 697. The Labute approximate surface area is 114 Å². The Kier molecular flexibility index (Phi) is 3.27. The van der Waals surface area contributed by atoms with E-state index >= 15 is 0 Å². The lowest BCUT2D eigenvalue weighted by atomic mass is 10.1. The number of benzene rings is 1. The van der Waals surface area contributed by atoms with Crippen LogP contribution in [0.1, 0.15) is 19.3 Å². The van der Waals surface area contributed by atoms with Crippen molar-refractivity contribution in [2.24, 2.45) is 0 Å². The van der Waals surface area contributed by atoms with Crippen molar-refractivity contribution >= 4 is 16.8 Å². The molecule has 1 aliphatic rings. The third-order valence-corrected chi connectivity index (χ3v) is 3.65. The van der Waals surface area contributed by atoms with Gasteiger partial charge in [0.05, 0.1) is 23.2 Å². The van der Waals surface area contributed by atoms with E-state index < -0.39 is 10.7 Å². The van der Waals surface area contributed by atoms with Crippen molar-refractivity contribution in [1.82, 2.24) is 9.47 Å². The molecule has 0 saturated carbocycles. The average molecular weight is 277 g/mol. The SMILES string of the molecule is O=c1oc2cc([N+](=O)[O-])ccc2n1CN1CCCCC1. The number of nitrogens with zero attached hydrogens (tertiary/aromatic N) is 3. The van der Waals surface area contributed by atoms with Gasteiger partial charge in [-0.2, -0.15) is 0 Å². The number of hydrogen-bond donors (Lipinski definition) is 0. The van der Waals surface area contributed by atoms with Crippen LogP contribution in [0.5, 0.6) is 0 Å². The van der Waals surface area contributed by atoms with Crippen LogP contribution in [0.3, 0.4) is 0 Å². The monoisotopic (exact) mass is 277 g/mol. The topological polar surface area (TPSA) is 81.5 Å². The molecular formula is C13H15N3O4. The molecule has 20 heavy (non-hydrogen) atoms. The van der Waals surface area contributed by atoms with E-state index in [0.717, 1.165) is 25.9 Å². The van der Waals surface area contributed by atoms with Gasteiger partial charge < -0.3 is 4.42 Å². The highest BCUT2D eigenvalue weighted by atomic mass is 16.6. The normalized spacial score (nSPS) is 16.6. The summed E-state index contributed by atoms with van der Waals surface area (Å²) in [4.78, 5) is 24.3. The van der Waals surface area contributed by atoms with E-state index in [4.69, 9.17) is 4.42 Å². The van der Waals surface area contributed by atoms with Gasteiger partial charge in [-0.25, -0.2) is 4.79 Å². The third-order valence-electron chi connectivity index (χ3n) is 3.65. The van der Waals surface area contributed by atoms with E-state index in [1.807, 2.05) is 0 Å². The van der Waals surface area contributed by atoms with E-state index in [1.165, 1.54) is 23.1 Å². The molecule has 0 unspecified atom stereocenters. The number of hydrogen-bond acceptors (Lipinski definition) is 5. The lowest BCUT2D eigenvalue weighted by molar-refractivity contribution is -0.384. The Morgan fingerprint density at radius 3 is 2.70 bits per heavy atom. The summed E-state index contributed by atoms with van der Waals surface area (Å²) in [6, 6.07) is 4.26. The Hall–Kier alpha value is -2.15. The van der Waals surface area contributed by atoms with E-state index in [-0.39, 0.29) is 11.3 Å². The lowest BCUT2D eigenvalue weighted by Gasteiger charge is -2.26. The Balaban J connectivity index is 1.96. The summed E-state index contributed by atoms with van der Waals surface area (Å²) >= 11 is 0. The summed E-state index contributed by atoms with van der Waals surface area (Å²) in [6.45, 7) is 2.40. The number of oxazole rings is 1. The molecule has 0 amide bonds. The molecule has 106 valence electrons. The molecule has 1 aromatic heterocycles. The third kappa shape index (κ3) is 2.32. The molecule has 1 aliphatic heterocycles. The van der Waals surface area contributed by atoms with E-state index in [1.54, 1.807) is 6.07 Å². The first-order valence-corrected chi connectivity index (χ1v) is 6.65. The molecule has 1 fully saturated rings. The number of rotatable bonds is 3. The second-order valence-electron chi connectivity index (χ2n) is 5.03. The van der Waals surface area contributed by atoms with Crippen LogP contribution < -0.4 is 5.76 Å². The molecule has 3 rings (SSSR count). The molecule has 0 atom stereocenters. The summed E-state index contributed by atoms with van der Waals surface area (Å²) in [5.74, 6) is -0.467. The molecule has 2 aromatic rings. The molecule has 2 heterocycles. The molecule has 7 nitrogen and oxygen atoms in total. The fourth-order valence-corrected chi connectivity index (χ4v) is 2.60. The Morgan fingerprint density at radius 2 is 2.00 bits per heavy atom. The van der Waals surface area contributed by atoms with Crippen molar-refractivity contribution < 1.29 is 9.34 Å². The van der Waals surface area contributed by atoms with Gasteiger partial charge in [0.2, 0.25) is 0 Å². The molecule has 7 heteroatoms. The van der Waals surface area contributed by atoms with Crippen LogP contribution in [-0.2, 0) is 6.67 Å². The summed E-state index contributed by atoms with van der Waals surface area (Å²) < 4.78 is 6.64. The van der Waals surface area contributed by atoms with Crippen molar-refractivity contribution in [1.29, 1.82) is 0 Å². The van der Waals surface area contributed by atoms with Crippen molar-refractivity contribution in [3.63, 3.8) is 0 Å². The fourth-order valence-electron chi connectivity index (χ4n) is 2.60. The van der Waals surface area contributed by atoms with Gasteiger partial charge in [-0.15, -0.1) is 0 Å². The van der Waals surface area contributed by atoms with Gasteiger partial charge >= 0.3 is 5.76 Å². The number of non-ortho nitro benzene ring substituents is 1. The van der Waals surface area contributed by atoms with Crippen molar-refractivity contribution in [2.45, 2.75) is 25.9 Å². The van der Waals surface area contributed by atoms with Gasteiger partial charge in [-0.3, -0.25) is 19.6 Å². The zero-order chi connectivity index (χ0) is 14.1. The maximum absolute atomic E-state index is 11.9. The minimum atomic E-state index is -0.499. The van der Waals surface area contributed by atoms with E-state index in [9.17, 15) is 14.9 Å².